The van der Waals surface area contributed by atoms with Crippen molar-refractivity contribution < 1.29 is 18.0 Å². The maximum Gasteiger partial charge on any atom is 0.416 e. The van der Waals surface area contributed by atoms with Crippen LogP contribution >= 0.6 is 0 Å². The van der Waals surface area contributed by atoms with Crippen molar-refractivity contribution in [3.63, 3.8) is 0 Å². The van der Waals surface area contributed by atoms with E-state index in [0.717, 1.165) is 36.2 Å². The molecule has 1 atom stereocenters. The number of likely N-dealkylation sites (tertiary alicyclic amines) is 1. The first-order valence-electron chi connectivity index (χ1n) is 10.7. The highest BCUT2D eigenvalue weighted by molar-refractivity contribution is 6.00. The predicted octanol–water partition coefficient (Wildman–Crippen LogP) is 5.38. The maximum atomic E-state index is 12.9. The van der Waals surface area contributed by atoms with E-state index < -0.39 is 11.7 Å². The van der Waals surface area contributed by atoms with E-state index >= 15 is 0 Å². The molecular weight excluding hydrogens is 415 g/mol. The number of amides is 1. The van der Waals surface area contributed by atoms with E-state index in [-0.39, 0.29) is 11.9 Å². The molecule has 1 aliphatic heterocycles. The molecule has 1 fully saturated rings. The number of carbonyl (C=O) groups is 1. The highest BCUT2D eigenvalue weighted by Crippen LogP contribution is 2.33. The van der Waals surface area contributed by atoms with Gasteiger partial charge in [0.2, 0.25) is 0 Å². The van der Waals surface area contributed by atoms with Crippen LogP contribution in [-0.4, -0.2) is 41.0 Å². The molecule has 168 valence electrons. The fourth-order valence-electron chi connectivity index (χ4n) is 4.05. The Morgan fingerprint density at radius 1 is 1.09 bits per heavy atom. The minimum Gasteiger partial charge on any atom is -0.349 e. The summed E-state index contributed by atoms with van der Waals surface area (Å²) in [5, 5.41) is 3.84. The van der Waals surface area contributed by atoms with Gasteiger partial charge in [-0.2, -0.15) is 13.2 Å². The van der Waals surface area contributed by atoms with Crippen molar-refractivity contribution >= 4 is 16.8 Å². The summed E-state index contributed by atoms with van der Waals surface area (Å²) < 4.78 is 38.6. The zero-order chi connectivity index (χ0) is 23.0. The van der Waals surface area contributed by atoms with Gasteiger partial charge in [0, 0.05) is 48.2 Å². The van der Waals surface area contributed by atoms with Gasteiger partial charge in [0.25, 0.3) is 5.91 Å². The molecule has 1 saturated heterocycles. The SMILES string of the molecule is CC(NC(=O)c1cnc2c(-c3ccc(C(F)(F)F)cc3)cccc2c1)C1CN(C(C)C)C1. The van der Waals surface area contributed by atoms with Crippen molar-refractivity contribution in [2.45, 2.75) is 39.0 Å². The van der Waals surface area contributed by atoms with E-state index in [2.05, 4.69) is 29.0 Å². The number of hydrogen-bond acceptors (Lipinski definition) is 3. The van der Waals surface area contributed by atoms with Gasteiger partial charge in [-0.25, -0.2) is 0 Å². The molecule has 2 aromatic carbocycles. The fourth-order valence-corrected chi connectivity index (χ4v) is 4.05. The summed E-state index contributed by atoms with van der Waals surface area (Å²) in [6.07, 6.45) is -2.85. The van der Waals surface area contributed by atoms with Crippen LogP contribution in [-0.2, 0) is 6.18 Å². The first-order valence-corrected chi connectivity index (χ1v) is 10.7. The molecule has 1 unspecified atom stereocenters. The second kappa shape index (κ2) is 8.54. The lowest BCUT2D eigenvalue weighted by atomic mass is 9.91. The lowest BCUT2D eigenvalue weighted by Crippen LogP contribution is -2.57. The van der Waals surface area contributed by atoms with Crippen LogP contribution in [0, 0.1) is 5.92 Å². The van der Waals surface area contributed by atoms with Gasteiger partial charge in [0.05, 0.1) is 16.6 Å². The van der Waals surface area contributed by atoms with E-state index in [1.165, 1.54) is 18.3 Å². The highest BCUT2D eigenvalue weighted by atomic mass is 19.4. The van der Waals surface area contributed by atoms with E-state index in [0.29, 0.717) is 28.6 Å². The number of nitrogens with one attached hydrogen (secondary N) is 1. The van der Waals surface area contributed by atoms with Gasteiger partial charge in [-0.15, -0.1) is 0 Å². The number of pyridine rings is 1. The van der Waals surface area contributed by atoms with Crippen molar-refractivity contribution in [3.8, 4) is 11.1 Å². The Hall–Kier alpha value is -2.93. The minimum absolute atomic E-state index is 0.0617. The molecule has 0 spiro atoms. The number of carbonyl (C=O) groups excluding carboxylic acids is 1. The predicted molar refractivity (Wildman–Crippen MR) is 119 cm³/mol. The van der Waals surface area contributed by atoms with Crippen molar-refractivity contribution in [3.05, 3.63) is 65.9 Å². The lowest BCUT2D eigenvalue weighted by molar-refractivity contribution is -0.137. The molecule has 1 aliphatic rings. The fraction of sp³-hybridized carbons (Fsp3) is 0.360. The average Bonchev–Trinajstić information content (AvgIpc) is 2.71. The third kappa shape index (κ3) is 4.48. The van der Waals surface area contributed by atoms with Crippen molar-refractivity contribution in [1.82, 2.24) is 15.2 Å². The molecule has 1 aromatic heterocycles. The quantitative estimate of drug-likeness (QED) is 0.578. The van der Waals surface area contributed by atoms with Crippen molar-refractivity contribution in [2.24, 2.45) is 5.92 Å². The van der Waals surface area contributed by atoms with E-state index in [4.69, 9.17) is 0 Å². The first kappa shape index (κ1) is 22.3. The second-order valence-electron chi connectivity index (χ2n) is 8.75. The van der Waals surface area contributed by atoms with E-state index in [1.807, 2.05) is 25.1 Å². The lowest BCUT2D eigenvalue weighted by Gasteiger charge is -2.45. The Kier molecular flexibility index (Phi) is 5.95. The summed E-state index contributed by atoms with van der Waals surface area (Å²) in [5.74, 6) is 0.260. The Bertz CT molecular complexity index is 1120. The summed E-state index contributed by atoms with van der Waals surface area (Å²) in [6, 6.07) is 12.9. The number of hydrogen-bond donors (Lipinski definition) is 1. The van der Waals surface area contributed by atoms with Crippen molar-refractivity contribution in [1.29, 1.82) is 0 Å². The largest absolute Gasteiger partial charge is 0.416 e. The topological polar surface area (TPSA) is 45.2 Å². The van der Waals surface area contributed by atoms with Crippen LogP contribution in [0.15, 0.2) is 54.7 Å². The number of nitrogens with zero attached hydrogens (tertiary/aromatic N) is 2. The van der Waals surface area contributed by atoms with E-state index in [9.17, 15) is 18.0 Å². The van der Waals surface area contributed by atoms with Gasteiger partial charge in [-0.1, -0.05) is 30.3 Å². The van der Waals surface area contributed by atoms with Gasteiger partial charge >= 0.3 is 6.18 Å². The van der Waals surface area contributed by atoms with E-state index in [1.54, 1.807) is 6.07 Å². The van der Waals surface area contributed by atoms with Gasteiger partial charge in [-0.3, -0.25) is 9.78 Å². The zero-order valence-electron chi connectivity index (χ0n) is 18.3. The van der Waals surface area contributed by atoms with Crippen LogP contribution < -0.4 is 5.32 Å². The second-order valence-corrected chi connectivity index (χ2v) is 8.75. The zero-order valence-corrected chi connectivity index (χ0v) is 18.3. The molecule has 2 heterocycles. The normalized spacial score (nSPS) is 16.2. The summed E-state index contributed by atoms with van der Waals surface area (Å²) in [7, 11) is 0. The summed E-state index contributed by atoms with van der Waals surface area (Å²) >= 11 is 0. The van der Waals surface area contributed by atoms with Gasteiger partial charge in [0.15, 0.2) is 0 Å². The Morgan fingerprint density at radius 2 is 1.78 bits per heavy atom. The maximum absolute atomic E-state index is 12.9. The molecule has 7 heteroatoms. The van der Waals surface area contributed by atoms with Crippen LogP contribution in [0.2, 0.25) is 0 Å². The summed E-state index contributed by atoms with van der Waals surface area (Å²) in [5.41, 5.74) is 1.78. The molecule has 0 radical (unpaired) electrons. The molecule has 3 aromatic rings. The Balaban J connectivity index is 1.52. The molecule has 0 aliphatic carbocycles. The number of rotatable bonds is 5. The Morgan fingerprint density at radius 3 is 2.41 bits per heavy atom. The number of para-hydroxylation sites is 1. The van der Waals surface area contributed by atoms with Crippen LogP contribution in [0.25, 0.3) is 22.0 Å². The third-order valence-corrected chi connectivity index (χ3v) is 6.23. The van der Waals surface area contributed by atoms with Gasteiger partial charge < -0.3 is 10.2 Å². The van der Waals surface area contributed by atoms with Gasteiger partial charge in [0.1, 0.15) is 0 Å². The average molecular weight is 441 g/mol. The number of alkyl halides is 3. The van der Waals surface area contributed by atoms with Crippen LogP contribution in [0.5, 0.6) is 0 Å². The smallest absolute Gasteiger partial charge is 0.349 e. The molecule has 0 saturated carbocycles. The molecular formula is C25H26F3N3O. The monoisotopic (exact) mass is 441 g/mol. The van der Waals surface area contributed by atoms with Crippen LogP contribution in [0.3, 0.4) is 0 Å². The molecule has 4 rings (SSSR count). The Labute approximate surface area is 185 Å². The molecule has 0 bridgehead atoms. The van der Waals surface area contributed by atoms with Crippen LogP contribution in [0.4, 0.5) is 13.2 Å². The summed E-state index contributed by atoms with van der Waals surface area (Å²) in [4.78, 5) is 19.6. The standard InChI is InChI=1S/C25H26F3N3O/c1-15(2)31-13-20(14-31)16(3)30-24(32)19-11-18-5-4-6-22(23(18)29-12-19)17-7-9-21(10-8-17)25(26,27)28/h4-12,15-16,20H,13-14H2,1-3H3,(H,30,32). The minimum atomic E-state index is -4.37. The molecule has 4 nitrogen and oxygen atoms in total. The number of aromatic nitrogens is 1. The van der Waals surface area contributed by atoms with Crippen LogP contribution in [0.1, 0.15) is 36.7 Å². The van der Waals surface area contributed by atoms with Crippen molar-refractivity contribution in [2.75, 3.05) is 13.1 Å². The third-order valence-electron chi connectivity index (χ3n) is 6.23. The molecule has 1 N–H and O–H groups in total. The van der Waals surface area contributed by atoms with Gasteiger partial charge in [-0.05, 0) is 44.5 Å². The number of benzene rings is 2. The molecule has 1 amide bonds. The first-order chi connectivity index (χ1) is 15.1. The summed E-state index contributed by atoms with van der Waals surface area (Å²) in [6.45, 7) is 8.31. The number of halogens is 3. The highest BCUT2D eigenvalue weighted by Gasteiger charge is 2.33. The number of fused-ring (bicyclic) bond motifs is 1. The molecule has 32 heavy (non-hydrogen) atoms.